The van der Waals surface area contributed by atoms with E-state index in [2.05, 4.69) is 10.6 Å². The molecule has 0 aliphatic heterocycles. The number of nitrogens with one attached hydrogen (secondary N) is 2. The van der Waals surface area contributed by atoms with E-state index >= 15 is 0 Å². The fourth-order valence-corrected chi connectivity index (χ4v) is 1.95. The quantitative estimate of drug-likeness (QED) is 0.752. The van der Waals surface area contributed by atoms with Gasteiger partial charge in [-0.1, -0.05) is 25.5 Å². The second kappa shape index (κ2) is 8.00. The molecular weight excluding hydrogens is 290 g/mol. The van der Waals surface area contributed by atoms with Crippen molar-refractivity contribution in [3.8, 4) is 0 Å². The van der Waals surface area contributed by atoms with E-state index in [9.17, 15) is 9.59 Å². The predicted molar refractivity (Wildman–Crippen MR) is 85.7 cm³/mol. The summed E-state index contributed by atoms with van der Waals surface area (Å²) in [5.41, 5.74) is 6.78. The lowest BCUT2D eigenvalue weighted by Crippen LogP contribution is -2.36. The van der Waals surface area contributed by atoms with Crippen LogP contribution in [0.4, 0.5) is 5.69 Å². The molecule has 0 bridgehead atoms. The SMILES string of the molecule is CCCC(N)C(=O)Nc1ccccc1C(=O)NC1CC1.Cl. The van der Waals surface area contributed by atoms with Crippen LogP contribution in [0.25, 0.3) is 0 Å². The molecule has 0 radical (unpaired) electrons. The van der Waals surface area contributed by atoms with Crippen LogP contribution in [0, 0.1) is 0 Å². The molecule has 1 atom stereocenters. The van der Waals surface area contributed by atoms with Crippen LogP contribution in [0.1, 0.15) is 43.0 Å². The van der Waals surface area contributed by atoms with Gasteiger partial charge in [0.15, 0.2) is 0 Å². The van der Waals surface area contributed by atoms with Crippen LogP contribution in [0.5, 0.6) is 0 Å². The van der Waals surface area contributed by atoms with Gasteiger partial charge in [-0.2, -0.15) is 0 Å². The normalized spacial score (nSPS) is 14.8. The lowest BCUT2D eigenvalue weighted by molar-refractivity contribution is -0.117. The van der Waals surface area contributed by atoms with Crippen molar-refractivity contribution in [3.05, 3.63) is 29.8 Å². The number of hydrogen-bond acceptors (Lipinski definition) is 3. The van der Waals surface area contributed by atoms with Crippen LogP contribution >= 0.6 is 12.4 Å². The number of carbonyl (C=O) groups excluding carboxylic acids is 2. The molecule has 0 spiro atoms. The molecule has 4 N–H and O–H groups in total. The Morgan fingerprint density at radius 3 is 2.62 bits per heavy atom. The Labute approximate surface area is 131 Å². The third-order valence-corrected chi connectivity index (χ3v) is 3.28. The number of hydrogen-bond donors (Lipinski definition) is 3. The topological polar surface area (TPSA) is 84.2 Å². The van der Waals surface area contributed by atoms with E-state index in [0.717, 1.165) is 19.3 Å². The van der Waals surface area contributed by atoms with Crippen LogP contribution in [0.2, 0.25) is 0 Å². The van der Waals surface area contributed by atoms with Gasteiger partial charge >= 0.3 is 0 Å². The van der Waals surface area contributed by atoms with E-state index in [0.29, 0.717) is 17.7 Å². The Bertz CT molecular complexity index is 503. The average molecular weight is 312 g/mol. The highest BCUT2D eigenvalue weighted by atomic mass is 35.5. The molecule has 1 aromatic carbocycles. The molecule has 1 aliphatic carbocycles. The van der Waals surface area contributed by atoms with Crippen molar-refractivity contribution in [1.82, 2.24) is 5.32 Å². The number of amides is 2. The van der Waals surface area contributed by atoms with Gasteiger partial charge in [-0.3, -0.25) is 9.59 Å². The van der Waals surface area contributed by atoms with E-state index in [4.69, 9.17) is 5.73 Å². The summed E-state index contributed by atoms with van der Waals surface area (Å²) < 4.78 is 0. The highest BCUT2D eigenvalue weighted by Crippen LogP contribution is 2.21. The fraction of sp³-hybridized carbons (Fsp3) is 0.467. The summed E-state index contributed by atoms with van der Waals surface area (Å²) in [5.74, 6) is -0.397. The van der Waals surface area contributed by atoms with Crippen molar-refractivity contribution in [3.63, 3.8) is 0 Å². The van der Waals surface area contributed by atoms with Gasteiger partial charge in [-0.25, -0.2) is 0 Å². The third kappa shape index (κ3) is 5.02. The first-order chi connectivity index (χ1) is 9.61. The van der Waals surface area contributed by atoms with Crippen LogP contribution in [0.15, 0.2) is 24.3 Å². The molecule has 0 saturated heterocycles. The maximum absolute atomic E-state index is 12.1. The lowest BCUT2D eigenvalue weighted by atomic mass is 10.1. The number of carbonyl (C=O) groups is 2. The smallest absolute Gasteiger partial charge is 0.253 e. The Morgan fingerprint density at radius 2 is 2.00 bits per heavy atom. The van der Waals surface area contributed by atoms with E-state index in [-0.39, 0.29) is 30.3 Å². The monoisotopic (exact) mass is 311 g/mol. The Balaban J connectivity index is 0.00000220. The minimum Gasteiger partial charge on any atom is -0.349 e. The second-order valence-electron chi connectivity index (χ2n) is 5.18. The van der Waals surface area contributed by atoms with Gasteiger partial charge in [0.1, 0.15) is 0 Å². The number of para-hydroxylation sites is 1. The number of anilines is 1. The van der Waals surface area contributed by atoms with Crippen molar-refractivity contribution in [2.45, 2.75) is 44.7 Å². The molecule has 5 nitrogen and oxygen atoms in total. The van der Waals surface area contributed by atoms with Gasteiger partial charge in [0.05, 0.1) is 17.3 Å². The highest BCUT2D eigenvalue weighted by Gasteiger charge is 2.25. The highest BCUT2D eigenvalue weighted by molar-refractivity contribution is 6.04. The van der Waals surface area contributed by atoms with Crippen LogP contribution in [-0.4, -0.2) is 23.9 Å². The minimum atomic E-state index is -0.542. The van der Waals surface area contributed by atoms with Crippen molar-refractivity contribution < 1.29 is 9.59 Å². The molecule has 1 saturated carbocycles. The average Bonchev–Trinajstić information content (AvgIpc) is 3.23. The van der Waals surface area contributed by atoms with Crippen molar-refractivity contribution in [2.75, 3.05) is 5.32 Å². The van der Waals surface area contributed by atoms with Crippen molar-refractivity contribution in [1.29, 1.82) is 0 Å². The first-order valence-electron chi connectivity index (χ1n) is 7.08. The first kappa shape index (κ1) is 17.5. The molecule has 1 aromatic rings. The molecule has 21 heavy (non-hydrogen) atoms. The van der Waals surface area contributed by atoms with Gasteiger partial charge in [-0.15, -0.1) is 12.4 Å². The molecule has 6 heteroatoms. The zero-order valence-electron chi connectivity index (χ0n) is 12.1. The summed E-state index contributed by atoms with van der Waals surface area (Å²) >= 11 is 0. The van der Waals surface area contributed by atoms with Gasteiger partial charge in [0.2, 0.25) is 5.91 Å². The summed E-state index contributed by atoms with van der Waals surface area (Å²) in [4.78, 5) is 24.0. The van der Waals surface area contributed by atoms with Gasteiger partial charge in [0.25, 0.3) is 5.91 Å². The molecular formula is C15H22ClN3O2. The molecule has 2 amide bonds. The summed E-state index contributed by atoms with van der Waals surface area (Å²) in [5, 5.41) is 5.66. The third-order valence-electron chi connectivity index (χ3n) is 3.28. The summed E-state index contributed by atoms with van der Waals surface area (Å²) in [6, 6.07) is 6.74. The number of rotatable bonds is 6. The Morgan fingerprint density at radius 1 is 1.33 bits per heavy atom. The van der Waals surface area contributed by atoms with E-state index in [1.54, 1.807) is 24.3 Å². The zero-order chi connectivity index (χ0) is 14.5. The largest absolute Gasteiger partial charge is 0.349 e. The minimum absolute atomic E-state index is 0. The van der Waals surface area contributed by atoms with E-state index in [1.807, 2.05) is 6.92 Å². The number of nitrogens with two attached hydrogens (primary N) is 1. The summed E-state index contributed by atoms with van der Waals surface area (Å²) in [7, 11) is 0. The Kier molecular flexibility index (Phi) is 6.65. The zero-order valence-corrected chi connectivity index (χ0v) is 12.9. The lowest BCUT2D eigenvalue weighted by Gasteiger charge is -2.14. The molecule has 116 valence electrons. The molecule has 0 heterocycles. The van der Waals surface area contributed by atoms with Gasteiger partial charge in [-0.05, 0) is 31.4 Å². The standard InChI is InChI=1S/C15H21N3O2.ClH/c1-2-5-12(16)15(20)18-13-7-4-3-6-11(13)14(19)17-10-8-9-10;/h3-4,6-7,10,12H,2,5,8-9,16H2,1H3,(H,17,19)(H,18,20);1H. The summed E-state index contributed by atoms with van der Waals surface area (Å²) in [6.45, 7) is 1.98. The predicted octanol–water partition coefficient (Wildman–Crippen LogP) is 2.07. The fourth-order valence-electron chi connectivity index (χ4n) is 1.95. The molecule has 2 rings (SSSR count). The van der Waals surface area contributed by atoms with E-state index in [1.165, 1.54) is 0 Å². The van der Waals surface area contributed by atoms with Crippen LogP contribution in [0.3, 0.4) is 0 Å². The molecule has 1 fully saturated rings. The number of benzene rings is 1. The summed E-state index contributed by atoms with van der Waals surface area (Å²) in [6.07, 6.45) is 3.53. The number of halogens is 1. The second-order valence-corrected chi connectivity index (χ2v) is 5.18. The molecule has 0 aromatic heterocycles. The van der Waals surface area contributed by atoms with Crippen LogP contribution in [-0.2, 0) is 4.79 Å². The van der Waals surface area contributed by atoms with Gasteiger partial charge in [0, 0.05) is 6.04 Å². The van der Waals surface area contributed by atoms with Crippen molar-refractivity contribution in [2.24, 2.45) is 5.73 Å². The maximum Gasteiger partial charge on any atom is 0.253 e. The van der Waals surface area contributed by atoms with Crippen LogP contribution < -0.4 is 16.4 Å². The first-order valence-corrected chi connectivity index (χ1v) is 7.08. The molecule has 1 aliphatic rings. The Hall–Kier alpha value is -1.59. The van der Waals surface area contributed by atoms with Crippen molar-refractivity contribution >= 4 is 29.9 Å². The van der Waals surface area contributed by atoms with Gasteiger partial charge < -0.3 is 16.4 Å². The maximum atomic E-state index is 12.1. The van der Waals surface area contributed by atoms with E-state index < -0.39 is 6.04 Å². The molecule has 1 unspecified atom stereocenters.